The zero-order valence-corrected chi connectivity index (χ0v) is 12.6. The molecule has 2 aromatic rings. The molecule has 0 radical (unpaired) electrons. The molecule has 0 aliphatic heterocycles. The molecule has 0 bridgehead atoms. The number of carbonyl (C=O) groups excluding carboxylic acids is 1. The van der Waals surface area contributed by atoms with Crippen LogP contribution in [0.5, 0.6) is 0 Å². The number of anilines is 1. The molecule has 0 saturated heterocycles. The fourth-order valence-corrected chi connectivity index (χ4v) is 2.11. The van der Waals surface area contributed by atoms with E-state index in [-0.39, 0.29) is 11.4 Å². The van der Waals surface area contributed by atoms with Crippen LogP contribution in [0.2, 0.25) is 0 Å². The molecule has 2 N–H and O–H groups in total. The fourth-order valence-electron chi connectivity index (χ4n) is 2.11. The lowest BCUT2D eigenvalue weighted by Crippen LogP contribution is -2.34. The predicted octanol–water partition coefficient (Wildman–Crippen LogP) is 2.27. The summed E-state index contributed by atoms with van der Waals surface area (Å²) < 4.78 is 0. The number of aromatic nitrogens is 2. The summed E-state index contributed by atoms with van der Waals surface area (Å²) in [6, 6.07) is 10.3. The summed E-state index contributed by atoms with van der Waals surface area (Å²) in [5, 5.41) is 5.84. The molecule has 0 unspecified atom stereocenters. The topological polar surface area (TPSA) is 66.9 Å². The van der Waals surface area contributed by atoms with Gasteiger partial charge >= 0.3 is 0 Å². The van der Waals surface area contributed by atoms with E-state index in [9.17, 15) is 4.79 Å². The summed E-state index contributed by atoms with van der Waals surface area (Å²) in [5.74, 6) is 0.327. The highest BCUT2D eigenvalue weighted by Gasteiger charge is 2.19. The number of nitrogens with one attached hydrogen (secondary N) is 2. The van der Waals surface area contributed by atoms with Crippen LogP contribution in [0.25, 0.3) is 0 Å². The van der Waals surface area contributed by atoms with Crippen LogP contribution in [0.15, 0.2) is 42.7 Å². The maximum absolute atomic E-state index is 11.4. The van der Waals surface area contributed by atoms with Gasteiger partial charge in [-0.15, -0.1) is 0 Å². The average molecular weight is 284 g/mol. The molecule has 0 saturated carbocycles. The van der Waals surface area contributed by atoms with Crippen molar-refractivity contribution in [3.63, 3.8) is 0 Å². The van der Waals surface area contributed by atoms with E-state index in [0.717, 1.165) is 6.42 Å². The third-order valence-corrected chi connectivity index (χ3v) is 3.08. The van der Waals surface area contributed by atoms with Gasteiger partial charge in [0.1, 0.15) is 0 Å². The summed E-state index contributed by atoms with van der Waals surface area (Å²) in [6.45, 7) is 4.19. The van der Waals surface area contributed by atoms with Crippen molar-refractivity contribution < 1.29 is 4.79 Å². The maximum Gasteiger partial charge on any atom is 0.254 e. The summed E-state index contributed by atoms with van der Waals surface area (Å²) in [7, 11) is 1.58. The highest BCUT2D eigenvalue weighted by molar-refractivity contribution is 5.93. The Hall–Kier alpha value is -2.43. The van der Waals surface area contributed by atoms with Gasteiger partial charge in [-0.2, -0.15) is 0 Å². The van der Waals surface area contributed by atoms with Crippen molar-refractivity contribution in [3.8, 4) is 0 Å². The second kappa shape index (κ2) is 6.35. The molecule has 21 heavy (non-hydrogen) atoms. The Morgan fingerprint density at radius 3 is 2.33 bits per heavy atom. The van der Waals surface area contributed by atoms with Crippen molar-refractivity contribution in [2.45, 2.75) is 25.8 Å². The fraction of sp³-hybridized carbons (Fsp3) is 0.312. The van der Waals surface area contributed by atoms with Crippen molar-refractivity contribution >= 4 is 11.9 Å². The SMILES string of the molecule is CNC(=O)c1cnc(NC(C)(C)Cc2ccccc2)nc1. The Kier molecular flexibility index (Phi) is 4.52. The number of benzene rings is 1. The van der Waals surface area contributed by atoms with Crippen LogP contribution in [-0.2, 0) is 6.42 Å². The van der Waals surface area contributed by atoms with E-state index in [1.807, 2.05) is 18.2 Å². The molecule has 0 spiro atoms. The lowest BCUT2D eigenvalue weighted by molar-refractivity contribution is 0.0962. The van der Waals surface area contributed by atoms with Crippen LogP contribution in [0.1, 0.15) is 29.8 Å². The highest BCUT2D eigenvalue weighted by atomic mass is 16.1. The van der Waals surface area contributed by atoms with E-state index in [0.29, 0.717) is 11.5 Å². The summed E-state index contributed by atoms with van der Waals surface area (Å²) in [6.07, 6.45) is 3.90. The number of amides is 1. The summed E-state index contributed by atoms with van der Waals surface area (Å²) in [5.41, 5.74) is 1.51. The van der Waals surface area contributed by atoms with Crippen molar-refractivity contribution in [2.24, 2.45) is 0 Å². The highest BCUT2D eigenvalue weighted by Crippen LogP contribution is 2.17. The average Bonchev–Trinajstić information content (AvgIpc) is 2.47. The molecule has 0 fully saturated rings. The van der Waals surface area contributed by atoms with E-state index < -0.39 is 0 Å². The zero-order chi connectivity index (χ0) is 15.3. The maximum atomic E-state index is 11.4. The zero-order valence-electron chi connectivity index (χ0n) is 12.6. The summed E-state index contributed by atoms with van der Waals surface area (Å²) in [4.78, 5) is 19.8. The van der Waals surface area contributed by atoms with Crippen LogP contribution in [0.4, 0.5) is 5.95 Å². The molecular weight excluding hydrogens is 264 g/mol. The Labute approximate surface area is 124 Å². The molecule has 1 heterocycles. The van der Waals surface area contributed by atoms with Crippen molar-refractivity contribution in [1.29, 1.82) is 0 Å². The van der Waals surface area contributed by atoms with E-state index >= 15 is 0 Å². The second-order valence-electron chi connectivity index (χ2n) is 5.55. The third kappa shape index (κ3) is 4.27. The number of hydrogen-bond acceptors (Lipinski definition) is 4. The molecule has 0 aliphatic carbocycles. The van der Waals surface area contributed by atoms with Gasteiger partial charge in [0, 0.05) is 25.0 Å². The lowest BCUT2D eigenvalue weighted by atomic mass is 9.95. The normalized spacial score (nSPS) is 11.0. The molecule has 1 aromatic heterocycles. The first kappa shape index (κ1) is 15.0. The van der Waals surface area contributed by atoms with Gasteiger partial charge in [0.2, 0.25) is 5.95 Å². The van der Waals surface area contributed by atoms with Crippen LogP contribution >= 0.6 is 0 Å². The van der Waals surface area contributed by atoms with E-state index in [2.05, 4.69) is 46.6 Å². The van der Waals surface area contributed by atoms with E-state index in [4.69, 9.17) is 0 Å². The standard InChI is InChI=1S/C16H20N4O/c1-16(2,9-12-7-5-4-6-8-12)20-15-18-10-13(11-19-15)14(21)17-3/h4-8,10-11H,9H2,1-3H3,(H,17,21)(H,18,19,20). The van der Waals surface area contributed by atoms with Gasteiger partial charge in [-0.05, 0) is 25.8 Å². The Morgan fingerprint density at radius 1 is 1.14 bits per heavy atom. The molecule has 5 nitrogen and oxygen atoms in total. The Morgan fingerprint density at radius 2 is 1.76 bits per heavy atom. The number of carbonyl (C=O) groups is 1. The van der Waals surface area contributed by atoms with Gasteiger partial charge < -0.3 is 10.6 Å². The second-order valence-corrected chi connectivity index (χ2v) is 5.55. The van der Waals surface area contributed by atoms with E-state index in [1.54, 1.807) is 7.05 Å². The van der Waals surface area contributed by atoms with Crippen LogP contribution in [0.3, 0.4) is 0 Å². The van der Waals surface area contributed by atoms with Crippen molar-refractivity contribution in [1.82, 2.24) is 15.3 Å². The van der Waals surface area contributed by atoms with Gasteiger partial charge in [0.05, 0.1) is 5.56 Å². The van der Waals surface area contributed by atoms with Crippen LogP contribution in [0, 0.1) is 0 Å². The molecule has 110 valence electrons. The van der Waals surface area contributed by atoms with Crippen molar-refractivity contribution in [2.75, 3.05) is 12.4 Å². The number of nitrogens with zero attached hydrogens (tertiary/aromatic N) is 2. The third-order valence-electron chi connectivity index (χ3n) is 3.08. The van der Waals surface area contributed by atoms with Crippen LogP contribution < -0.4 is 10.6 Å². The van der Waals surface area contributed by atoms with Crippen molar-refractivity contribution in [3.05, 3.63) is 53.9 Å². The van der Waals surface area contributed by atoms with Gasteiger partial charge in [-0.25, -0.2) is 9.97 Å². The first-order chi connectivity index (χ1) is 10.00. The quantitative estimate of drug-likeness (QED) is 0.884. The molecule has 0 aliphatic rings. The molecule has 1 aromatic carbocycles. The first-order valence-corrected chi connectivity index (χ1v) is 6.86. The minimum Gasteiger partial charge on any atom is -0.355 e. The number of hydrogen-bond donors (Lipinski definition) is 2. The smallest absolute Gasteiger partial charge is 0.254 e. The van der Waals surface area contributed by atoms with Gasteiger partial charge in [-0.3, -0.25) is 4.79 Å². The van der Waals surface area contributed by atoms with Gasteiger partial charge in [-0.1, -0.05) is 30.3 Å². The number of rotatable bonds is 5. The molecule has 0 atom stereocenters. The molecular formula is C16H20N4O. The Balaban J connectivity index is 2.04. The molecule has 5 heteroatoms. The molecule has 1 amide bonds. The van der Waals surface area contributed by atoms with E-state index in [1.165, 1.54) is 18.0 Å². The monoisotopic (exact) mass is 284 g/mol. The minimum atomic E-state index is -0.190. The summed E-state index contributed by atoms with van der Waals surface area (Å²) >= 11 is 0. The van der Waals surface area contributed by atoms with Gasteiger partial charge in [0.25, 0.3) is 5.91 Å². The first-order valence-electron chi connectivity index (χ1n) is 6.86. The Bertz CT molecular complexity index is 593. The lowest BCUT2D eigenvalue weighted by Gasteiger charge is -2.26. The minimum absolute atomic E-state index is 0.185. The predicted molar refractivity (Wildman–Crippen MR) is 83.3 cm³/mol. The van der Waals surface area contributed by atoms with Crippen LogP contribution in [-0.4, -0.2) is 28.5 Å². The van der Waals surface area contributed by atoms with Gasteiger partial charge in [0.15, 0.2) is 0 Å². The largest absolute Gasteiger partial charge is 0.355 e. The molecule has 2 rings (SSSR count).